The molecule has 0 bridgehead atoms. The Morgan fingerprint density at radius 2 is 1.91 bits per heavy atom. The Morgan fingerprint density at radius 1 is 1.29 bits per heavy atom. The van der Waals surface area contributed by atoms with Crippen LogP contribution in [0.3, 0.4) is 0 Å². The zero-order chi connectivity index (χ0) is 26.5. The molecule has 1 saturated carbocycles. The number of amides is 4. The van der Waals surface area contributed by atoms with E-state index in [2.05, 4.69) is 10.7 Å². The quantitative estimate of drug-likeness (QED) is 0.276. The molecule has 3 rings (SSSR count). The molecule has 2 saturated heterocycles. The number of nitrogens with zero attached hydrogens (tertiary/aromatic N) is 3. The summed E-state index contributed by atoms with van der Waals surface area (Å²) in [5.41, 5.74) is 1.11. The number of halogens is 3. The van der Waals surface area contributed by atoms with E-state index in [0.717, 1.165) is 5.01 Å². The van der Waals surface area contributed by atoms with Crippen LogP contribution in [-0.4, -0.2) is 71.4 Å². The van der Waals surface area contributed by atoms with Crippen molar-refractivity contribution < 1.29 is 32.3 Å². The largest absolute Gasteiger partial charge is 0.471 e. The number of nitrogens with one attached hydrogen (secondary N) is 3. The highest BCUT2D eigenvalue weighted by molar-refractivity contribution is 5.94. The zero-order valence-electron chi connectivity index (χ0n) is 20.3. The van der Waals surface area contributed by atoms with Gasteiger partial charge in [-0.2, -0.15) is 18.4 Å². The molecule has 0 aromatic carbocycles. The summed E-state index contributed by atoms with van der Waals surface area (Å²) in [4.78, 5) is 51.5. The van der Waals surface area contributed by atoms with Gasteiger partial charge in [0.05, 0.1) is 12.5 Å². The smallest absolute Gasteiger partial charge is 0.356 e. The maximum Gasteiger partial charge on any atom is 0.471 e. The van der Waals surface area contributed by atoms with Crippen molar-refractivity contribution in [1.82, 2.24) is 26.0 Å². The van der Waals surface area contributed by atoms with Gasteiger partial charge in [0.2, 0.25) is 11.8 Å². The number of likely N-dealkylation sites (tertiary alicyclic amines) is 1. The SMILES string of the molecule is CC(C)(C)[C@H](NC(=O)C(F)(F)F)C(=O)N1C[C@H]2[C@@H]([C@H]1C(=O)NN(C#N)C[C@@H]1CCNC1=O)C2(C)C. The topological polar surface area (TPSA) is 135 Å². The molecule has 0 spiro atoms. The first kappa shape index (κ1) is 26.6. The minimum Gasteiger partial charge on any atom is -0.356 e. The zero-order valence-corrected chi connectivity index (χ0v) is 20.3. The van der Waals surface area contributed by atoms with Crippen molar-refractivity contribution >= 4 is 23.6 Å². The molecule has 0 aromatic heterocycles. The molecular weight excluding hydrogens is 469 g/mol. The van der Waals surface area contributed by atoms with E-state index in [0.29, 0.717) is 13.0 Å². The second kappa shape index (κ2) is 8.87. The normalized spacial score (nSPS) is 27.9. The molecule has 2 heterocycles. The van der Waals surface area contributed by atoms with Crippen molar-refractivity contribution in [2.75, 3.05) is 19.6 Å². The summed E-state index contributed by atoms with van der Waals surface area (Å²) in [6.45, 7) is 8.99. The number of fused-ring (bicyclic) bond motifs is 1. The van der Waals surface area contributed by atoms with Gasteiger partial charge in [-0.1, -0.05) is 34.6 Å². The van der Waals surface area contributed by atoms with Gasteiger partial charge in [0.25, 0.3) is 5.91 Å². The van der Waals surface area contributed by atoms with Crippen LogP contribution in [0.2, 0.25) is 0 Å². The number of alkyl halides is 3. The molecule has 10 nitrogen and oxygen atoms in total. The molecule has 2 aliphatic heterocycles. The highest BCUT2D eigenvalue weighted by atomic mass is 19.4. The van der Waals surface area contributed by atoms with Crippen molar-refractivity contribution in [2.24, 2.45) is 28.6 Å². The van der Waals surface area contributed by atoms with Crippen molar-refractivity contribution in [2.45, 2.75) is 59.3 Å². The summed E-state index contributed by atoms with van der Waals surface area (Å²) in [5.74, 6) is -4.72. The first-order valence-electron chi connectivity index (χ1n) is 11.4. The van der Waals surface area contributed by atoms with Gasteiger partial charge in [0.15, 0.2) is 6.19 Å². The molecular formula is C22H31F3N6O4. The average molecular weight is 501 g/mol. The van der Waals surface area contributed by atoms with E-state index in [9.17, 15) is 37.6 Å². The van der Waals surface area contributed by atoms with Crippen molar-refractivity contribution in [3.63, 3.8) is 0 Å². The predicted molar refractivity (Wildman–Crippen MR) is 115 cm³/mol. The third-order valence-corrected chi connectivity index (χ3v) is 7.34. The van der Waals surface area contributed by atoms with Crippen LogP contribution in [0.5, 0.6) is 0 Å². The van der Waals surface area contributed by atoms with Crippen LogP contribution >= 0.6 is 0 Å². The second-order valence-electron chi connectivity index (χ2n) is 11.1. The minimum absolute atomic E-state index is 0.0432. The van der Waals surface area contributed by atoms with Gasteiger partial charge >= 0.3 is 12.1 Å². The molecule has 3 fully saturated rings. The van der Waals surface area contributed by atoms with Gasteiger partial charge in [-0.3, -0.25) is 24.6 Å². The van der Waals surface area contributed by atoms with Crippen LogP contribution in [0, 0.1) is 40.0 Å². The Labute approximate surface area is 201 Å². The monoisotopic (exact) mass is 500 g/mol. The van der Waals surface area contributed by atoms with Gasteiger partial charge in [-0.05, 0) is 29.1 Å². The number of carbonyl (C=O) groups is 4. The van der Waals surface area contributed by atoms with E-state index in [4.69, 9.17) is 0 Å². The minimum atomic E-state index is -5.17. The molecule has 13 heteroatoms. The van der Waals surface area contributed by atoms with Crippen LogP contribution in [0.15, 0.2) is 0 Å². The van der Waals surface area contributed by atoms with Gasteiger partial charge in [0, 0.05) is 13.1 Å². The third kappa shape index (κ3) is 5.16. The Kier molecular flexibility index (Phi) is 6.73. The van der Waals surface area contributed by atoms with Crippen LogP contribution < -0.4 is 16.1 Å². The van der Waals surface area contributed by atoms with Crippen molar-refractivity contribution in [1.29, 1.82) is 5.26 Å². The Hall–Kier alpha value is -3.04. The lowest BCUT2D eigenvalue weighted by Gasteiger charge is -2.38. The summed E-state index contributed by atoms with van der Waals surface area (Å²) < 4.78 is 38.8. The van der Waals surface area contributed by atoms with Gasteiger partial charge in [-0.15, -0.1) is 0 Å². The predicted octanol–water partition coefficient (Wildman–Crippen LogP) is 0.513. The molecule has 194 valence electrons. The van der Waals surface area contributed by atoms with Crippen molar-refractivity contribution in [3.05, 3.63) is 0 Å². The summed E-state index contributed by atoms with van der Waals surface area (Å²) in [5, 5.41) is 14.9. The van der Waals surface area contributed by atoms with Crippen LogP contribution in [0.1, 0.15) is 41.0 Å². The number of hydrogen-bond acceptors (Lipinski definition) is 6. The number of piperidine rings is 1. The lowest BCUT2D eigenvalue weighted by Crippen LogP contribution is -2.61. The molecule has 0 unspecified atom stereocenters. The number of nitriles is 1. The van der Waals surface area contributed by atoms with E-state index in [1.54, 1.807) is 5.32 Å². The third-order valence-electron chi connectivity index (χ3n) is 7.34. The highest BCUT2D eigenvalue weighted by Crippen LogP contribution is 2.65. The molecule has 3 N–H and O–H groups in total. The first-order chi connectivity index (χ1) is 16.0. The molecule has 3 aliphatic rings. The van der Waals surface area contributed by atoms with Gasteiger partial charge < -0.3 is 15.5 Å². The molecule has 35 heavy (non-hydrogen) atoms. The van der Waals surface area contributed by atoms with Crippen LogP contribution in [0.4, 0.5) is 13.2 Å². The Morgan fingerprint density at radius 3 is 2.40 bits per heavy atom. The first-order valence-corrected chi connectivity index (χ1v) is 11.4. The molecule has 0 aromatic rings. The fourth-order valence-electron chi connectivity index (χ4n) is 5.19. The van der Waals surface area contributed by atoms with Gasteiger partial charge in [0.1, 0.15) is 12.1 Å². The fourth-order valence-corrected chi connectivity index (χ4v) is 5.19. The summed E-state index contributed by atoms with van der Waals surface area (Å²) in [7, 11) is 0. The number of hydrogen-bond donors (Lipinski definition) is 3. The molecule has 5 atom stereocenters. The van der Waals surface area contributed by atoms with Crippen LogP contribution in [-0.2, 0) is 19.2 Å². The second-order valence-corrected chi connectivity index (χ2v) is 11.1. The lowest BCUT2D eigenvalue weighted by molar-refractivity contribution is -0.176. The Balaban J connectivity index is 1.81. The standard InChI is InChI=1S/C22H31F3N6O4/c1-20(2,3)15(28-19(35)22(23,24)25)18(34)31-9-12-13(21(12,4)5)14(31)17(33)29-30(10-26)8-11-6-7-27-16(11)32/h11-15H,6-9H2,1-5H3,(H,27,32)(H,28,35)(H,29,33)/t11-,12-,13-,14-,15+/m0/s1. The number of carbonyl (C=O) groups excluding carboxylic acids is 4. The van der Waals surface area contributed by atoms with Crippen LogP contribution in [0.25, 0.3) is 0 Å². The van der Waals surface area contributed by atoms with E-state index in [1.165, 1.54) is 25.7 Å². The van der Waals surface area contributed by atoms with Crippen molar-refractivity contribution in [3.8, 4) is 6.19 Å². The van der Waals surface area contributed by atoms with E-state index in [-0.39, 0.29) is 36.2 Å². The molecule has 4 amide bonds. The number of rotatable bonds is 6. The van der Waals surface area contributed by atoms with E-state index < -0.39 is 47.3 Å². The van der Waals surface area contributed by atoms with E-state index >= 15 is 0 Å². The average Bonchev–Trinajstić information content (AvgIpc) is 3.10. The van der Waals surface area contributed by atoms with Gasteiger partial charge in [-0.25, -0.2) is 5.01 Å². The highest BCUT2D eigenvalue weighted by Gasteiger charge is 2.70. The fraction of sp³-hybridized carbons (Fsp3) is 0.773. The summed E-state index contributed by atoms with van der Waals surface area (Å²) >= 11 is 0. The van der Waals surface area contributed by atoms with E-state index in [1.807, 2.05) is 20.0 Å². The Bertz CT molecular complexity index is 954. The maximum absolute atomic E-state index is 13.5. The summed E-state index contributed by atoms with van der Waals surface area (Å²) in [6, 6.07) is -2.56. The lowest BCUT2D eigenvalue weighted by atomic mass is 9.85. The summed E-state index contributed by atoms with van der Waals surface area (Å²) in [6.07, 6.45) is -2.84. The number of hydrazine groups is 1. The maximum atomic E-state index is 13.5. The molecule has 1 aliphatic carbocycles. The molecule has 0 radical (unpaired) electrons.